The SMILES string of the molecule is Cc1cc(-c2cc(C(=O)O)no2)cc(O)c1C. The van der Waals surface area contributed by atoms with Gasteiger partial charge in [0.15, 0.2) is 11.5 Å². The molecule has 1 aromatic carbocycles. The number of carboxylic acid groups (broad SMARTS) is 1. The van der Waals surface area contributed by atoms with Gasteiger partial charge in [-0.05, 0) is 37.1 Å². The summed E-state index contributed by atoms with van der Waals surface area (Å²) >= 11 is 0. The molecule has 5 heteroatoms. The highest BCUT2D eigenvalue weighted by molar-refractivity contribution is 5.86. The third-order valence-electron chi connectivity index (χ3n) is 2.65. The van der Waals surface area contributed by atoms with E-state index in [0.29, 0.717) is 11.3 Å². The fourth-order valence-corrected chi connectivity index (χ4v) is 1.50. The van der Waals surface area contributed by atoms with Gasteiger partial charge in [-0.15, -0.1) is 0 Å². The number of aromatic hydroxyl groups is 1. The van der Waals surface area contributed by atoms with E-state index in [2.05, 4.69) is 5.16 Å². The molecule has 0 fully saturated rings. The summed E-state index contributed by atoms with van der Waals surface area (Å²) in [5.41, 5.74) is 2.13. The van der Waals surface area contributed by atoms with Crippen molar-refractivity contribution in [3.63, 3.8) is 0 Å². The van der Waals surface area contributed by atoms with Gasteiger partial charge in [-0.3, -0.25) is 0 Å². The van der Waals surface area contributed by atoms with E-state index in [1.165, 1.54) is 12.1 Å². The summed E-state index contributed by atoms with van der Waals surface area (Å²) in [4.78, 5) is 10.7. The van der Waals surface area contributed by atoms with Gasteiger partial charge >= 0.3 is 5.97 Å². The second-order valence-electron chi connectivity index (χ2n) is 3.82. The molecule has 0 saturated carbocycles. The number of carbonyl (C=O) groups is 1. The zero-order valence-corrected chi connectivity index (χ0v) is 9.39. The largest absolute Gasteiger partial charge is 0.508 e. The Morgan fingerprint density at radius 2 is 2.00 bits per heavy atom. The predicted octanol–water partition coefficient (Wildman–Crippen LogP) is 2.36. The monoisotopic (exact) mass is 233 g/mol. The molecule has 0 spiro atoms. The van der Waals surface area contributed by atoms with Gasteiger partial charge in [0.05, 0.1) is 0 Å². The highest BCUT2D eigenvalue weighted by atomic mass is 16.5. The van der Waals surface area contributed by atoms with Crippen molar-refractivity contribution in [3.8, 4) is 17.1 Å². The third-order valence-corrected chi connectivity index (χ3v) is 2.65. The second kappa shape index (κ2) is 3.93. The molecule has 2 rings (SSSR count). The standard InChI is InChI=1S/C12H11NO4/c1-6-3-8(4-10(14)7(6)2)11-5-9(12(15)16)13-17-11/h3-5,14H,1-2H3,(H,15,16). The number of aromatic carboxylic acids is 1. The highest BCUT2D eigenvalue weighted by Gasteiger charge is 2.13. The van der Waals surface area contributed by atoms with Crippen molar-refractivity contribution in [2.75, 3.05) is 0 Å². The minimum Gasteiger partial charge on any atom is -0.508 e. The maximum Gasteiger partial charge on any atom is 0.358 e. The normalized spacial score (nSPS) is 10.5. The summed E-state index contributed by atoms with van der Waals surface area (Å²) in [6.45, 7) is 3.66. The molecular weight excluding hydrogens is 222 g/mol. The number of phenols is 1. The molecule has 0 aliphatic carbocycles. The van der Waals surface area contributed by atoms with Gasteiger partial charge in [0.25, 0.3) is 0 Å². The molecule has 0 unspecified atom stereocenters. The Morgan fingerprint density at radius 1 is 1.29 bits per heavy atom. The molecule has 0 aliphatic rings. The fraction of sp³-hybridized carbons (Fsp3) is 0.167. The van der Waals surface area contributed by atoms with Gasteiger partial charge in [0, 0.05) is 11.6 Å². The molecule has 2 N–H and O–H groups in total. The maximum atomic E-state index is 10.7. The van der Waals surface area contributed by atoms with E-state index in [1.54, 1.807) is 13.0 Å². The summed E-state index contributed by atoms with van der Waals surface area (Å²) in [5.74, 6) is -0.679. The number of hydrogen-bond donors (Lipinski definition) is 2. The van der Waals surface area contributed by atoms with E-state index in [1.807, 2.05) is 6.92 Å². The van der Waals surface area contributed by atoms with Gasteiger partial charge < -0.3 is 14.7 Å². The molecule has 0 saturated heterocycles. The van der Waals surface area contributed by atoms with Crippen molar-refractivity contribution in [2.45, 2.75) is 13.8 Å². The molecule has 0 atom stereocenters. The number of aromatic nitrogens is 1. The van der Waals surface area contributed by atoms with Gasteiger partial charge in [-0.2, -0.15) is 0 Å². The summed E-state index contributed by atoms with van der Waals surface area (Å²) in [6, 6.07) is 4.65. The van der Waals surface area contributed by atoms with Crippen molar-refractivity contribution >= 4 is 5.97 Å². The Balaban J connectivity index is 2.49. The molecule has 1 heterocycles. The zero-order valence-electron chi connectivity index (χ0n) is 9.39. The first-order valence-corrected chi connectivity index (χ1v) is 4.99. The van der Waals surface area contributed by atoms with Crippen LogP contribution in [0.1, 0.15) is 21.6 Å². The summed E-state index contributed by atoms with van der Waals surface area (Å²) < 4.78 is 4.92. The Hall–Kier alpha value is -2.30. The Kier molecular flexibility index (Phi) is 2.59. The highest BCUT2D eigenvalue weighted by Crippen LogP contribution is 2.29. The second-order valence-corrected chi connectivity index (χ2v) is 3.82. The van der Waals surface area contributed by atoms with Crippen molar-refractivity contribution in [3.05, 3.63) is 35.0 Å². The van der Waals surface area contributed by atoms with Crippen LogP contribution in [0.15, 0.2) is 22.7 Å². The van der Waals surface area contributed by atoms with Gasteiger partial charge in [-0.1, -0.05) is 5.16 Å². The van der Waals surface area contributed by atoms with Crippen LogP contribution in [0.2, 0.25) is 0 Å². The van der Waals surface area contributed by atoms with Crippen LogP contribution in [0, 0.1) is 13.8 Å². The molecular formula is C12H11NO4. The topological polar surface area (TPSA) is 83.6 Å². The van der Waals surface area contributed by atoms with Gasteiger partial charge in [-0.25, -0.2) is 4.79 Å². The number of phenolic OH excluding ortho intramolecular Hbond substituents is 1. The van der Waals surface area contributed by atoms with Crippen LogP contribution in [-0.4, -0.2) is 21.3 Å². The lowest BCUT2D eigenvalue weighted by atomic mass is 10.0. The molecule has 1 aromatic heterocycles. The Labute approximate surface area is 97.3 Å². The van der Waals surface area contributed by atoms with Crippen LogP contribution >= 0.6 is 0 Å². The first-order chi connectivity index (χ1) is 7.99. The van der Waals surface area contributed by atoms with Gasteiger partial charge in [0.2, 0.25) is 0 Å². The predicted molar refractivity (Wildman–Crippen MR) is 60.0 cm³/mol. The number of hydrogen-bond acceptors (Lipinski definition) is 4. The maximum absolute atomic E-state index is 10.7. The molecule has 88 valence electrons. The number of nitrogens with zero attached hydrogens (tertiary/aromatic N) is 1. The Bertz CT molecular complexity index is 563. The summed E-state index contributed by atoms with van der Waals surface area (Å²) in [7, 11) is 0. The molecule has 0 amide bonds. The van der Waals surface area contributed by atoms with Crippen LogP contribution in [-0.2, 0) is 0 Å². The van der Waals surface area contributed by atoms with E-state index in [-0.39, 0.29) is 11.4 Å². The lowest BCUT2D eigenvalue weighted by Crippen LogP contribution is -1.94. The van der Waals surface area contributed by atoms with E-state index >= 15 is 0 Å². The van der Waals surface area contributed by atoms with Crippen molar-refractivity contribution in [1.29, 1.82) is 0 Å². The van der Waals surface area contributed by atoms with Crippen molar-refractivity contribution in [2.24, 2.45) is 0 Å². The van der Waals surface area contributed by atoms with Gasteiger partial charge in [0.1, 0.15) is 5.75 Å². The number of aryl methyl sites for hydroxylation is 1. The van der Waals surface area contributed by atoms with Crippen LogP contribution in [0.5, 0.6) is 5.75 Å². The summed E-state index contributed by atoms with van der Waals surface area (Å²) in [5, 5.41) is 21.8. The van der Waals surface area contributed by atoms with Crippen molar-refractivity contribution in [1.82, 2.24) is 5.16 Å². The molecule has 2 aromatic rings. The fourth-order valence-electron chi connectivity index (χ4n) is 1.50. The first kappa shape index (κ1) is 11.2. The number of carboxylic acids is 1. The molecule has 0 aliphatic heterocycles. The van der Waals surface area contributed by atoms with Crippen molar-refractivity contribution < 1.29 is 19.5 Å². The average molecular weight is 233 g/mol. The minimum atomic E-state index is -1.15. The molecule has 0 radical (unpaired) electrons. The van der Waals surface area contributed by atoms with E-state index < -0.39 is 5.97 Å². The van der Waals surface area contributed by atoms with Crippen LogP contribution in [0.3, 0.4) is 0 Å². The lowest BCUT2D eigenvalue weighted by Gasteiger charge is -2.05. The smallest absolute Gasteiger partial charge is 0.358 e. The minimum absolute atomic E-state index is 0.147. The number of benzene rings is 1. The third kappa shape index (κ3) is 1.99. The summed E-state index contributed by atoms with van der Waals surface area (Å²) in [6.07, 6.45) is 0. The molecule has 0 bridgehead atoms. The quantitative estimate of drug-likeness (QED) is 0.831. The Morgan fingerprint density at radius 3 is 2.53 bits per heavy atom. The van der Waals surface area contributed by atoms with Crippen LogP contribution < -0.4 is 0 Å². The first-order valence-electron chi connectivity index (χ1n) is 4.99. The molecule has 5 nitrogen and oxygen atoms in total. The zero-order chi connectivity index (χ0) is 12.6. The average Bonchev–Trinajstić information content (AvgIpc) is 2.74. The van der Waals surface area contributed by atoms with E-state index in [4.69, 9.17) is 9.63 Å². The van der Waals surface area contributed by atoms with Crippen LogP contribution in [0.25, 0.3) is 11.3 Å². The number of rotatable bonds is 2. The van der Waals surface area contributed by atoms with E-state index in [9.17, 15) is 9.90 Å². The molecule has 17 heavy (non-hydrogen) atoms. The lowest BCUT2D eigenvalue weighted by molar-refractivity contribution is 0.0686. The van der Waals surface area contributed by atoms with Crippen LogP contribution in [0.4, 0.5) is 0 Å². The van der Waals surface area contributed by atoms with E-state index in [0.717, 1.165) is 11.1 Å².